The van der Waals surface area contributed by atoms with Gasteiger partial charge < -0.3 is 14.8 Å². The van der Waals surface area contributed by atoms with Crippen molar-refractivity contribution in [3.63, 3.8) is 0 Å². The summed E-state index contributed by atoms with van der Waals surface area (Å²) in [6, 6.07) is 22.8. The van der Waals surface area contributed by atoms with Gasteiger partial charge in [0.1, 0.15) is 0 Å². The standard InChI is InChI=1S/C20H15NO3/c22-20(21-15-10-11-18-19(12-15)24-13-23-18)17-9-5-4-8-16(17)14-6-2-1-3-7-14/h1-12H,13H2,(H,21,22). The maximum Gasteiger partial charge on any atom is 0.256 e. The van der Waals surface area contributed by atoms with Gasteiger partial charge in [0.25, 0.3) is 5.91 Å². The Bertz CT molecular complexity index is 890. The topological polar surface area (TPSA) is 47.6 Å². The molecule has 1 N–H and O–H groups in total. The highest BCUT2D eigenvalue weighted by molar-refractivity contribution is 6.08. The van der Waals surface area contributed by atoms with Gasteiger partial charge in [0.2, 0.25) is 6.79 Å². The van der Waals surface area contributed by atoms with Crippen molar-refractivity contribution in [2.24, 2.45) is 0 Å². The van der Waals surface area contributed by atoms with Crippen molar-refractivity contribution >= 4 is 11.6 Å². The van der Waals surface area contributed by atoms with Gasteiger partial charge in [-0.25, -0.2) is 0 Å². The number of ether oxygens (including phenoxy) is 2. The summed E-state index contributed by atoms with van der Waals surface area (Å²) in [6.07, 6.45) is 0. The Hall–Kier alpha value is -3.27. The summed E-state index contributed by atoms with van der Waals surface area (Å²) in [6.45, 7) is 0.212. The van der Waals surface area contributed by atoms with Crippen LogP contribution in [0.1, 0.15) is 10.4 Å². The number of amides is 1. The fourth-order valence-corrected chi connectivity index (χ4v) is 2.72. The summed E-state index contributed by atoms with van der Waals surface area (Å²) >= 11 is 0. The molecule has 4 rings (SSSR count). The van der Waals surface area contributed by atoms with E-state index in [0.717, 1.165) is 11.1 Å². The molecule has 3 aromatic rings. The third-order valence-electron chi connectivity index (χ3n) is 3.89. The number of fused-ring (bicyclic) bond motifs is 1. The maximum atomic E-state index is 12.7. The van der Waals surface area contributed by atoms with Gasteiger partial charge in [-0.1, -0.05) is 48.5 Å². The van der Waals surface area contributed by atoms with Crippen LogP contribution in [-0.4, -0.2) is 12.7 Å². The van der Waals surface area contributed by atoms with E-state index in [1.54, 1.807) is 18.2 Å². The molecule has 1 heterocycles. The van der Waals surface area contributed by atoms with E-state index in [4.69, 9.17) is 9.47 Å². The van der Waals surface area contributed by atoms with Crippen LogP contribution in [0.25, 0.3) is 11.1 Å². The molecule has 0 spiro atoms. The molecule has 0 aliphatic carbocycles. The zero-order valence-electron chi connectivity index (χ0n) is 12.9. The van der Waals surface area contributed by atoms with Gasteiger partial charge in [-0.15, -0.1) is 0 Å². The monoisotopic (exact) mass is 317 g/mol. The molecule has 1 amide bonds. The third-order valence-corrected chi connectivity index (χ3v) is 3.89. The first kappa shape index (κ1) is 14.3. The van der Waals surface area contributed by atoms with E-state index in [2.05, 4.69) is 5.32 Å². The fraction of sp³-hybridized carbons (Fsp3) is 0.0500. The lowest BCUT2D eigenvalue weighted by Gasteiger charge is -2.11. The lowest BCUT2D eigenvalue weighted by atomic mass is 9.99. The molecule has 0 aromatic heterocycles. The van der Waals surface area contributed by atoms with Crippen LogP contribution in [0.2, 0.25) is 0 Å². The van der Waals surface area contributed by atoms with Crippen molar-refractivity contribution < 1.29 is 14.3 Å². The molecule has 24 heavy (non-hydrogen) atoms. The number of carbonyl (C=O) groups excluding carboxylic acids is 1. The van der Waals surface area contributed by atoms with E-state index in [-0.39, 0.29) is 12.7 Å². The van der Waals surface area contributed by atoms with Crippen LogP contribution in [0.3, 0.4) is 0 Å². The predicted octanol–water partition coefficient (Wildman–Crippen LogP) is 4.33. The number of nitrogens with one attached hydrogen (secondary N) is 1. The highest BCUT2D eigenvalue weighted by atomic mass is 16.7. The first-order valence-electron chi connectivity index (χ1n) is 7.67. The molecule has 118 valence electrons. The lowest BCUT2D eigenvalue weighted by Crippen LogP contribution is -2.13. The second kappa shape index (κ2) is 6.08. The molecule has 0 saturated carbocycles. The first-order valence-corrected chi connectivity index (χ1v) is 7.67. The van der Waals surface area contributed by atoms with Crippen LogP contribution in [0.15, 0.2) is 72.8 Å². The van der Waals surface area contributed by atoms with Crippen LogP contribution < -0.4 is 14.8 Å². The SMILES string of the molecule is O=C(Nc1ccc2c(c1)OCO2)c1ccccc1-c1ccccc1. The Balaban J connectivity index is 1.64. The largest absolute Gasteiger partial charge is 0.454 e. The molecule has 4 nitrogen and oxygen atoms in total. The van der Waals surface area contributed by atoms with Gasteiger partial charge in [-0.2, -0.15) is 0 Å². The number of benzene rings is 3. The van der Waals surface area contributed by atoms with E-state index in [9.17, 15) is 4.79 Å². The zero-order chi connectivity index (χ0) is 16.4. The molecule has 0 saturated heterocycles. The fourth-order valence-electron chi connectivity index (χ4n) is 2.72. The van der Waals surface area contributed by atoms with Crippen molar-refractivity contribution in [1.82, 2.24) is 0 Å². The third kappa shape index (κ3) is 2.70. The summed E-state index contributed by atoms with van der Waals surface area (Å²) in [5.41, 5.74) is 3.21. The molecule has 0 bridgehead atoms. The Morgan fingerprint density at radius 2 is 1.58 bits per heavy atom. The molecule has 0 fully saturated rings. The highest BCUT2D eigenvalue weighted by Crippen LogP contribution is 2.34. The molecular weight excluding hydrogens is 302 g/mol. The molecule has 4 heteroatoms. The first-order chi connectivity index (χ1) is 11.8. The number of carbonyl (C=O) groups is 1. The lowest BCUT2D eigenvalue weighted by molar-refractivity contribution is 0.102. The minimum atomic E-state index is -0.159. The quantitative estimate of drug-likeness (QED) is 0.782. The summed E-state index contributed by atoms with van der Waals surface area (Å²) in [5.74, 6) is 1.18. The van der Waals surface area contributed by atoms with E-state index >= 15 is 0 Å². The Labute approximate surface area is 139 Å². The van der Waals surface area contributed by atoms with E-state index in [1.807, 2.05) is 54.6 Å². The molecule has 3 aromatic carbocycles. The van der Waals surface area contributed by atoms with Crippen LogP contribution in [-0.2, 0) is 0 Å². The molecule has 1 aliphatic rings. The predicted molar refractivity (Wildman–Crippen MR) is 92.4 cm³/mol. The molecule has 1 aliphatic heterocycles. The van der Waals surface area contributed by atoms with Crippen molar-refractivity contribution in [3.05, 3.63) is 78.4 Å². The van der Waals surface area contributed by atoms with Crippen LogP contribution in [0.4, 0.5) is 5.69 Å². The second-order valence-electron chi connectivity index (χ2n) is 5.43. The van der Waals surface area contributed by atoms with Crippen molar-refractivity contribution in [3.8, 4) is 22.6 Å². The summed E-state index contributed by atoms with van der Waals surface area (Å²) in [7, 11) is 0. The highest BCUT2D eigenvalue weighted by Gasteiger charge is 2.16. The van der Waals surface area contributed by atoms with E-state index in [0.29, 0.717) is 22.7 Å². The molecule has 0 atom stereocenters. The van der Waals surface area contributed by atoms with Gasteiger partial charge in [0.15, 0.2) is 11.5 Å². The van der Waals surface area contributed by atoms with Crippen molar-refractivity contribution in [2.75, 3.05) is 12.1 Å². The minimum absolute atomic E-state index is 0.159. The zero-order valence-corrected chi connectivity index (χ0v) is 12.9. The smallest absolute Gasteiger partial charge is 0.256 e. The van der Waals surface area contributed by atoms with Gasteiger partial charge in [0, 0.05) is 17.3 Å². The normalized spacial score (nSPS) is 12.0. The van der Waals surface area contributed by atoms with E-state index in [1.165, 1.54) is 0 Å². The Morgan fingerprint density at radius 1 is 0.833 bits per heavy atom. The Kier molecular flexibility index (Phi) is 3.63. The van der Waals surface area contributed by atoms with Crippen LogP contribution >= 0.6 is 0 Å². The second-order valence-corrected chi connectivity index (χ2v) is 5.43. The molecular formula is C20H15NO3. The summed E-state index contributed by atoms with van der Waals surface area (Å²) in [5, 5.41) is 2.92. The minimum Gasteiger partial charge on any atom is -0.454 e. The molecule has 0 unspecified atom stereocenters. The van der Waals surface area contributed by atoms with Gasteiger partial charge in [-0.05, 0) is 29.3 Å². The van der Waals surface area contributed by atoms with Crippen LogP contribution in [0, 0.1) is 0 Å². The van der Waals surface area contributed by atoms with Gasteiger partial charge in [-0.3, -0.25) is 4.79 Å². The number of hydrogen-bond acceptors (Lipinski definition) is 3. The average Bonchev–Trinajstić information content (AvgIpc) is 3.10. The van der Waals surface area contributed by atoms with Crippen molar-refractivity contribution in [1.29, 1.82) is 0 Å². The average molecular weight is 317 g/mol. The van der Waals surface area contributed by atoms with Gasteiger partial charge in [0.05, 0.1) is 0 Å². The number of anilines is 1. The Morgan fingerprint density at radius 3 is 2.46 bits per heavy atom. The van der Waals surface area contributed by atoms with Crippen LogP contribution in [0.5, 0.6) is 11.5 Å². The maximum absolute atomic E-state index is 12.7. The van der Waals surface area contributed by atoms with Crippen molar-refractivity contribution in [2.45, 2.75) is 0 Å². The van der Waals surface area contributed by atoms with Gasteiger partial charge >= 0.3 is 0 Å². The summed E-state index contributed by atoms with van der Waals surface area (Å²) < 4.78 is 10.6. The number of rotatable bonds is 3. The molecule has 0 radical (unpaired) electrons. The van der Waals surface area contributed by atoms with E-state index < -0.39 is 0 Å². The summed E-state index contributed by atoms with van der Waals surface area (Å²) in [4.78, 5) is 12.7. The number of hydrogen-bond donors (Lipinski definition) is 1.